The fourth-order valence-corrected chi connectivity index (χ4v) is 3.20. The molecule has 1 N–H and O–H groups in total. The van der Waals surface area contributed by atoms with Crippen molar-refractivity contribution in [3.63, 3.8) is 0 Å². The maximum atomic E-state index is 13.3. The lowest BCUT2D eigenvalue weighted by Crippen LogP contribution is -2.26. The van der Waals surface area contributed by atoms with Gasteiger partial charge in [-0.2, -0.15) is 0 Å². The standard InChI is InChI=1S/C20H21F2N3O4S/c1-28-16-7-3-14(4-8-16)20-24-18(19(21)22)13-25(20)15-5-9-17(10-6-15)29-12-11-23-30(2,26)27/h3-10,13,19,23H,11-12H2,1-2H3. The minimum Gasteiger partial charge on any atom is -0.497 e. The molecular formula is C20H21F2N3O4S. The predicted molar refractivity (Wildman–Crippen MR) is 109 cm³/mol. The highest BCUT2D eigenvalue weighted by Crippen LogP contribution is 2.29. The molecule has 0 atom stereocenters. The zero-order chi connectivity index (χ0) is 21.7. The van der Waals surface area contributed by atoms with Crippen LogP contribution in [0.1, 0.15) is 12.1 Å². The Balaban J connectivity index is 1.82. The molecule has 3 rings (SSSR count). The molecule has 160 valence electrons. The van der Waals surface area contributed by atoms with Crippen molar-refractivity contribution in [3.8, 4) is 28.6 Å². The zero-order valence-electron chi connectivity index (χ0n) is 16.4. The average molecular weight is 437 g/mol. The molecule has 0 fully saturated rings. The first-order valence-electron chi connectivity index (χ1n) is 8.96. The van der Waals surface area contributed by atoms with Crippen molar-refractivity contribution in [1.29, 1.82) is 0 Å². The normalized spacial score (nSPS) is 11.6. The number of nitrogens with zero attached hydrogens (tertiary/aromatic N) is 2. The van der Waals surface area contributed by atoms with Gasteiger partial charge in [-0.25, -0.2) is 26.9 Å². The van der Waals surface area contributed by atoms with Crippen molar-refractivity contribution in [2.24, 2.45) is 0 Å². The zero-order valence-corrected chi connectivity index (χ0v) is 17.2. The van der Waals surface area contributed by atoms with Crippen molar-refractivity contribution in [2.45, 2.75) is 6.43 Å². The second kappa shape index (κ2) is 9.23. The lowest BCUT2D eigenvalue weighted by atomic mass is 10.2. The van der Waals surface area contributed by atoms with Crippen LogP contribution in [0.4, 0.5) is 8.78 Å². The molecule has 0 aliphatic heterocycles. The number of aromatic nitrogens is 2. The molecular weight excluding hydrogens is 416 g/mol. The molecule has 30 heavy (non-hydrogen) atoms. The highest BCUT2D eigenvalue weighted by molar-refractivity contribution is 7.88. The Kier molecular flexibility index (Phi) is 6.68. The maximum absolute atomic E-state index is 13.3. The molecule has 0 radical (unpaired) electrons. The van der Waals surface area contributed by atoms with Gasteiger partial charge in [0.1, 0.15) is 29.6 Å². The van der Waals surface area contributed by atoms with Gasteiger partial charge in [0.05, 0.1) is 13.4 Å². The summed E-state index contributed by atoms with van der Waals surface area (Å²) in [5.74, 6) is 1.55. The fraction of sp³-hybridized carbons (Fsp3) is 0.250. The second-order valence-electron chi connectivity index (χ2n) is 6.40. The van der Waals surface area contributed by atoms with Crippen LogP contribution in [-0.2, 0) is 10.0 Å². The summed E-state index contributed by atoms with van der Waals surface area (Å²) in [6, 6.07) is 13.7. The van der Waals surface area contributed by atoms with Gasteiger partial charge in [-0.1, -0.05) is 0 Å². The van der Waals surface area contributed by atoms with E-state index in [1.807, 2.05) is 0 Å². The van der Waals surface area contributed by atoms with Crippen LogP contribution in [0.2, 0.25) is 0 Å². The quantitative estimate of drug-likeness (QED) is 0.519. The van der Waals surface area contributed by atoms with Crippen LogP contribution in [0.15, 0.2) is 54.7 Å². The molecule has 3 aromatic rings. The molecule has 1 aromatic heterocycles. The Morgan fingerprint density at radius 3 is 2.27 bits per heavy atom. The molecule has 0 unspecified atom stereocenters. The minimum atomic E-state index is -3.27. The van der Waals surface area contributed by atoms with E-state index in [1.54, 1.807) is 60.2 Å². The lowest BCUT2D eigenvalue weighted by Gasteiger charge is -2.10. The van der Waals surface area contributed by atoms with Crippen LogP contribution in [0, 0.1) is 0 Å². The van der Waals surface area contributed by atoms with E-state index in [1.165, 1.54) is 6.20 Å². The van der Waals surface area contributed by atoms with E-state index in [2.05, 4.69) is 9.71 Å². The third-order valence-electron chi connectivity index (χ3n) is 4.15. The number of sulfonamides is 1. The molecule has 0 aliphatic carbocycles. The maximum Gasteiger partial charge on any atom is 0.281 e. The Bertz CT molecular complexity index is 1080. The summed E-state index contributed by atoms with van der Waals surface area (Å²) in [5.41, 5.74) is 0.963. The first-order chi connectivity index (χ1) is 14.3. The van der Waals surface area contributed by atoms with E-state index in [9.17, 15) is 17.2 Å². The number of hydrogen-bond acceptors (Lipinski definition) is 5. The number of rotatable bonds is 9. The van der Waals surface area contributed by atoms with E-state index in [-0.39, 0.29) is 18.8 Å². The summed E-state index contributed by atoms with van der Waals surface area (Å²) in [4.78, 5) is 4.09. The number of ether oxygens (including phenoxy) is 2. The summed E-state index contributed by atoms with van der Waals surface area (Å²) >= 11 is 0. The van der Waals surface area contributed by atoms with Gasteiger partial charge in [0.15, 0.2) is 0 Å². The number of benzene rings is 2. The van der Waals surface area contributed by atoms with Crippen molar-refractivity contribution < 1.29 is 26.7 Å². The fourth-order valence-electron chi connectivity index (χ4n) is 2.74. The summed E-state index contributed by atoms with van der Waals surface area (Å²) < 4.78 is 63.2. The predicted octanol–water partition coefficient (Wildman–Crippen LogP) is 3.41. The number of nitrogens with one attached hydrogen (secondary N) is 1. The Morgan fingerprint density at radius 2 is 1.70 bits per heavy atom. The van der Waals surface area contributed by atoms with Gasteiger partial charge in [0, 0.05) is 24.0 Å². The molecule has 2 aromatic carbocycles. The summed E-state index contributed by atoms with van der Waals surface area (Å²) in [6.07, 6.45) is -0.329. The smallest absolute Gasteiger partial charge is 0.281 e. The molecule has 0 bridgehead atoms. The first kappa shape index (κ1) is 21.7. The molecule has 0 saturated carbocycles. The molecule has 10 heteroatoms. The number of hydrogen-bond donors (Lipinski definition) is 1. The third-order valence-corrected chi connectivity index (χ3v) is 4.87. The van der Waals surface area contributed by atoms with Crippen LogP contribution in [-0.4, -0.2) is 44.5 Å². The summed E-state index contributed by atoms with van der Waals surface area (Å²) in [5, 5.41) is 0. The Labute approximate surface area is 173 Å². The SMILES string of the molecule is COc1ccc(-c2nc(C(F)F)cn2-c2ccc(OCCNS(C)(=O)=O)cc2)cc1. The van der Waals surface area contributed by atoms with Crippen molar-refractivity contribution >= 4 is 10.0 Å². The summed E-state index contributed by atoms with van der Waals surface area (Å²) in [7, 11) is -1.72. The highest BCUT2D eigenvalue weighted by atomic mass is 32.2. The number of imidazole rings is 1. The van der Waals surface area contributed by atoms with Gasteiger partial charge in [0.2, 0.25) is 10.0 Å². The molecule has 0 amide bonds. The Hall–Kier alpha value is -2.98. The monoisotopic (exact) mass is 437 g/mol. The highest BCUT2D eigenvalue weighted by Gasteiger charge is 2.18. The Morgan fingerprint density at radius 1 is 1.07 bits per heavy atom. The van der Waals surface area contributed by atoms with Gasteiger partial charge in [0.25, 0.3) is 6.43 Å². The van der Waals surface area contributed by atoms with Gasteiger partial charge >= 0.3 is 0 Å². The third kappa shape index (κ3) is 5.55. The van der Waals surface area contributed by atoms with E-state index < -0.39 is 16.4 Å². The first-order valence-corrected chi connectivity index (χ1v) is 10.9. The topological polar surface area (TPSA) is 82.4 Å². The van der Waals surface area contributed by atoms with Crippen LogP contribution < -0.4 is 14.2 Å². The molecule has 0 aliphatic rings. The second-order valence-corrected chi connectivity index (χ2v) is 8.23. The number of halogens is 2. The van der Waals surface area contributed by atoms with Gasteiger partial charge in [-0.05, 0) is 48.5 Å². The van der Waals surface area contributed by atoms with Crippen LogP contribution >= 0.6 is 0 Å². The van der Waals surface area contributed by atoms with Gasteiger partial charge in [-0.3, -0.25) is 4.57 Å². The molecule has 7 nitrogen and oxygen atoms in total. The van der Waals surface area contributed by atoms with E-state index in [0.717, 1.165) is 6.26 Å². The van der Waals surface area contributed by atoms with Gasteiger partial charge in [-0.15, -0.1) is 0 Å². The lowest BCUT2D eigenvalue weighted by molar-refractivity contribution is 0.146. The van der Waals surface area contributed by atoms with Crippen molar-refractivity contribution in [1.82, 2.24) is 14.3 Å². The molecule has 0 spiro atoms. The number of alkyl halides is 2. The summed E-state index contributed by atoms with van der Waals surface area (Å²) in [6.45, 7) is 0.297. The average Bonchev–Trinajstić information content (AvgIpc) is 3.17. The van der Waals surface area contributed by atoms with Crippen LogP contribution in [0.5, 0.6) is 11.5 Å². The molecule has 1 heterocycles. The molecule has 0 saturated heterocycles. The van der Waals surface area contributed by atoms with E-state index in [4.69, 9.17) is 9.47 Å². The van der Waals surface area contributed by atoms with Gasteiger partial charge < -0.3 is 9.47 Å². The van der Waals surface area contributed by atoms with Crippen LogP contribution in [0.25, 0.3) is 17.1 Å². The van der Waals surface area contributed by atoms with E-state index >= 15 is 0 Å². The van der Waals surface area contributed by atoms with E-state index in [0.29, 0.717) is 28.6 Å². The van der Waals surface area contributed by atoms with Crippen molar-refractivity contribution in [2.75, 3.05) is 26.5 Å². The largest absolute Gasteiger partial charge is 0.497 e. The minimum absolute atomic E-state index is 0.140. The van der Waals surface area contributed by atoms with Crippen molar-refractivity contribution in [3.05, 3.63) is 60.4 Å². The van der Waals surface area contributed by atoms with Crippen LogP contribution in [0.3, 0.4) is 0 Å². The number of methoxy groups -OCH3 is 1.